The second-order valence-electron chi connectivity index (χ2n) is 5.60. The maximum atomic E-state index is 6.10. The number of likely N-dealkylation sites (N-methyl/N-ethyl adjacent to an activating group) is 1. The second-order valence-corrected chi connectivity index (χ2v) is 6.59. The number of hydrogen-bond donors (Lipinski definition) is 1. The molecule has 1 atom stereocenters. The fourth-order valence-electron chi connectivity index (χ4n) is 3.01. The molecule has 0 amide bonds. The van der Waals surface area contributed by atoms with E-state index in [0.29, 0.717) is 12.1 Å². The Morgan fingerprint density at radius 3 is 2.50 bits per heavy atom. The van der Waals surface area contributed by atoms with Crippen LogP contribution in [-0.4, -0.2) is 55.3 Å². The summed E-state index contributed by atoms with van der Waals surface area (Å²) in [5.74, 6) is 1.23. The largest absolute Gasteiger partial charge is 0.381 e. The van der Waals surface area contributed by atoms with Crippen LogP contribution in [0.1, 0.15) is 39.0 Å². The van der Waals surface area contributed by atoms with Crippen LogP contribution in [0.5, 0.6) is 0 Å². The Bertz CT molecular complexity index is 230. The summed E-state index contributed by atoms with van der Waals surface area (Å²) < 4.78 is 5.47. The van der Waals surface area contributed by atoms with Crippen molar-refractivity contribution in [2.45, 2.75) is 56.7 Å². The third kappa shape index (κ3) is 3.86. The third-order valence-electron chi connectivity index (χ3n) is 4.73. The summed E-state index contributed by atoms with van der Waals surface area (Å²) in [7, 11) is 4.08. The number of nitrogens with zero attached hydrogens (tertiary/aromatic N) is 1. The van der Waals surface area contributed by atoms with Crippen LogP contribution in [0.4, 0.5) is 0 Å². The van der Waals surface area contributed by atoms with E-state index in [0.717, 1.165) is 19.4 Å². The molecule has 1 aliphatic rings. The van der Waals surface area contributed by atoms with Gasteiger partial charge in [-0.05, 0) is 58.1 Å². The molecule has 0 saturated heterocycles. The summed E-state index contributed by atoms with van der Waals surface area (Å²) in [5, 5.41) is 0. The van der Waals surface area contributed by atoms with Crippen LogP contribution < -0.4 is 5.73 Å². The lowest BCUT2D eigenvalue weighted by Crippen LogP contribution is -2.57. The minimum Gasteiger partial charge on any atom is -0.381 e. The first-order chi connectivity index (χ1) is 8.59. The van der Waals surface area contributed by atoms with Gasteiger partial charge in [-0.25, -0.2) is 0 Å². The molecule has 0 heterocycles. The highest BCUT2D eigenvalue weighted by atomic mass is 32.2. The average Bonchev–Trinajstić information content (AvgIpc) is 2.43. The smallest absolute Gasteiger partial charge is 0.0572 e. The molecule has 0 aromatic rings. The Kier molecular flexibility index (Phi) is 6.99. The van der Waals surface area contributed by atoms with Crippen molar-refractivity contribution < 1.29 is 4.74 Å². The van der Waals surface area contributed by atoms with E-state index in [2.05, 4.69) is 25.1 Å². The molecule has 1 fully saturated rings. The Morgan fingerprint density at radius 2 is 2.06 bits per heavy atom. The van der Waals surface area contributed by atoms with E-state index in [1.165, 1.54) is 25.0 Å². The zero-order valence-corrected chi connectivity index (χ0v) is 13.3. The number of hydrogen-bond acceptors (Lipinski definition) is 4. The van der Waals surface area contributed by atoms with Gasteiger partial charge in [0, 0.05) is 25.2 Å². The molecule has 3 nitrogen and oxygen atoms in total. The van der Waals surface area contributed by atoms with Gasteiger partial charge in [0.2, 0.25) is 0 Å². The minimum atomic E-state index is 0.201. The predicted molar refractivity (Wildman–Crippen MR) is 81.3 cm³/mol. The van der Waals surface area contributed by atoms with Crippen LogP contribution in [0.2, 0.25) is 0 Å². The second kappa shape index (κ2) is 7.73. The molecule has 0 aromatic carbocycles. The Hall–Kier alpha value is 0.230. The number of rotatable bonds is 7. The van der Waals surface area contributed by atoms with Crippen LogP contribution >= 0.6 is 11.8 Å². The first kappa shape index (κ1) is 16.3. The van der Waals surface area contributed by atoms with Gasteiger partial charge in [-0.15, -0.1) is 0 Å². The highest BCUT2D eigenvalue weighted by Crippen LogP contribution is 2.35. The summed E-state index contributed by atoms with van der Waals surface area (Å²) in [5.41, 5.74) is 6.31. The van der Waals surface area contributed by atoms with Crippen molar-refractivity contribution in [3.63, 3.8) is 0 Å². The predicted octanol–water partition coefficient (Wildman–Crippen LogP) is 2.35. The summed E-state index contributed by atoms with van der Waals surface area (Å²) >= 11 is 1.93. The topological polar surface area (TPSA) is 38.5 Å². The molecule has 1 saturated carbocycles. The van der Waals surface area contributed by atoms with Crippen molar-refractivity contribution >= 4 is 11.8 Å². The zero-order valence-electron chi connectivity index (χ0n) is 12.4. The van der Waals surface area contributed by atoms with E-state index in [-0.39, 0.29) is 5.54 Å². The molecule has 4 heteroatoms. The van der Waals surface area contributed by atoms with E-state index in [1.54, 1.807) is 0 Å². The van der Waals surface area contributed by atoms with Crippen LogP contribution in [0.15, 0.2) is 0 Å². The molecule has 2 N–H and O–H groups in total. The van der Waals surface area contributed by atoms with Gasteiger partial charge in [-0.2, -0.15) is 11.8 Å². The molecular weight excluding hydrogens is 244 g/mol. The van der Waals surface area contributed by atoms with Gasteiger partial charge in [0.05, 0.1) is 6.10 Å². The number of methoxy groups -OCH3 is 1. The molecular formula is C14H30N2OS. The van der Waals surface area contributed by atoms with Crippen molar-refractivity contribution in [3.05, 3.63) is 0 Å². The number of nitrogens with two attached hydrogens (primary N) is 1. The number of thioether (sulfide) groups is 1. The quantitative estimate of drug-likeness (QED) is 0.773. The molecule has 0 aromatic heterocycles. The molecule has 18 heavy (non-hydrogen) atoms. The fourth-order valence-corrected chi connectivity index (χ4v) is 3.59. The van der Waals surface area contributed by atoms with Crippen molar-refractivity contribution in [2.75, 3.05) is 32.7 Å². The molecule has 0 aliphatic heterocycles. The summed E-state index contributed by atoms with van der Waals surface area (Å²) in [6, 6.07) is 0.611. The minimum absolute atomic E-state index is 0.201. The van der Waals surface area contributed by atoms with Gasteiger partial charge in [0.1, 0.15) is 0 Å². The molecule has 1 aliphatic carbocycles. The van der Waals surface area contributed by atoms with Crippen LogP contribution in [0.3, 0.4) is 0 Å². The fraction of sp³-hybridized carbons (Fsp3) is 1.00. The van der Waals surface area contributed by atoms with Crippen molar-refractivity contribution in [1.29, 1.82) is 0 Å². The summed E-state index contributed by atoms with van der Waals surface area (Å²) in [6.07, 6.45) is 8.49. The van der Waals surface area contributed by atoms with E-state index in [4.69, 9.17) is 10.5 Å². The van der Waals surface area contributed by atoms with Crippen molar-refractivity contribution in [2.24, 2.45) is 5.73 Å². The lowest BCUT2D eigenvalue weighted by Gasteiger charge is -2.48. The first-order valence-corrected chi connectivity index (χ1v) is 8.43. The molecule has 0 bridgehead atoms. The van der Waals surface area contributed by atoms with Crippen LogP contribution in [0, 0.1) is 0 Å². The Labute approximate surface area is 117 Å². The van der Waals surface area contributed by atoms with Crippen LogP contribution in [-0.2, 0) is 4.74 Å². The van der Waals surface area contributed by atoms with Gasteiger partial charge in [0.15, 0.2) is 0 Å². The summed E-state index contributed by atoms with van der Waals surface area (Å²) in [4.78, 5) is 2.54. The summed E-state index contributed by atoms with van der Waals surface area (Å²) in [6.45, 7) is 3.10. The standard InChI is InChI=1S/C14H30N2OS/c1-12(7-10-18-4)16(2)14(11-15)8-5-13(17-3)6-9-14/h12-13H,5-11,15H2,1-4H3. The van der Waals surface area contributed by atoms with Gasteiger partial charge in [-0.1, -0.05) is 0 Å². The van der Waals surface area contributed by atoms with Gasteiger partial charge in [0.25, 0.3) is 0 Å². The van der Waals surface area contributed by atoms with Crippen molar-refractivity contribution in [1.82, 2.24) is 4.90 Å². The lowest BCUT2D eigenvalue weighted by atomic mass is 9.78. The van der Waals surface area contributed by atoms with E-state index in [9.17, 15) is 0 Å². The molecule has 108 valence electrons. The maximum absolute atomic E-state index is 6.10. The highest BCUT2D eigenvalue weighted by Gasteiger charge is 2.39. The molecule has 0 spiro atoms. The van der Waals surface area contributed by atoms with E-state index < -0.39 is 0 Å². The molecule has 1 unspecified atom stereocenters. The van der Waals surface area contributed by atoms with Gasteiger partial charge >= 0.3 is 0 Å². The zero-order chi connectivity index (χ0) is 13.6. The normalized spacial score (nSPS) is 30.7. The SMILES string of the molecule is COC1CCC(CN)(N(C)C(C)CCSC)CC1. The van der Waals surface area contributed by atoms with E-state index >= 15 is 0 Å². The monoisotopic (exact) mass is 274 g/mol. The highest BCUT2D eigenvalue weighted by molar-refractivity contribution is 7.98. The Balaban J connectivity index is 2.58. The third-order valence-corrected chi connectivity index (χ3v) is 5.37. The lowest BCUT2D eigenvalue weighted by molar-refractivity contribution is -0.0106. The van der Waals surface area contributed by atoms with Gasteiger partial charge < -0.3 is 10.5 Å². The van der Waals surface area contributed by atoms with Crippen LogP contribution in [0.25, 0.3) is 0 Å². The van der Waals surface area contributed by atoms with Crippen molar-refractivity contribution in [3.8, 4) is 0 Å². The molecule has 0 radical (unpaired) electrons. The number of ether oxygens (including phenoxy) is 1. The Morgan fingerprint density at radius 1 is 1.44 bits per heavy atom. The first-order valence-electron chi connectivity index (χ1n) is 7.04. The average molecular weight is 274 g/mol. The maximum Gasteiger partial charge on any atom is 0.0572 e. The molecule has 1 rings (SSSR count). The van der Waals surface area contributed by atoms with E-state index in [1.807, 2.05) is 18.9 Å². The van der Waals surface area contributed by atoms with Gasteiger partial charge in [-0.3, -0.25) is 4.90 Å².